The summed E-state index contributed by atoms with van der Waals surface area (Å²) in [6.07, 6.45) is 0.754. The van der Waals surface area contributed by atoms with Crippen LogP contribution in [0.25, 0.3) is 0 Å². The van der Waals surface area contributed by atoms with E-state index in [4.69, 9.17) is 9.84 Å². The van der Waals surface area contributed by atoms with Crippen molar-refractivity contribution in [3.05, 3.63) is 12.0 Å². The predicted molar refractivity (Wildman–Crippen MR) is 60.8 cm³/mol. The lowest BCUT2D eigenvalue weighted by Gasteiger charge is -2.15. The molecule has 1 fully saturated rings. The zero-order valence-electron chi connectivity index (χ0n) is 9.55. The molecule has 0 aromatic rings. The molecule has 17 heavy (non-hydrogen) atoms. The van der Waals surface area contributed by atoms with Crippen LogP contribution >= 0.6 is 0 Å². The molecule has 7 nitrogen and oxygen atoms in total. The molecule has 0 aromatic heterocycles. The number of hydrogen-bond acceptors (Lipinski definition) is 4. The van der Waals surface area contributed by atoms with Gasteiger partial charge in [0.1, 0.15) is 5.76 Å². The molecule has 1 heterocycles. The lowest BCUT2D eigenvalue weighted by atomic mass is 10.4. The van der Waals surface area contributed by atoms with Gasteiger partial charge in [-0.2, -0.15) is 0 Å². The van der Waals surface area contributed by atoms with E-state index in [0.717, 1.165) is 0 Å². The van der Waals surface area contributed by atoms with Gasteiger partial charge in [0.25, 0.3) is 0 Å². The van der Waals surface area contributed by atoms with Crippen molar-refractivity contribution < 1.29 is 23.1 Å². The van der Waals surface area contributed by atoms with E-state index in [2.05, 4.69) is 4.72 Å². The van der Waals surface area contributed by atoms with Crippen LogP contribution in [0.3, 0.4) is 0 Å². The van der Waals surface area contributed by atoms with Crippen LogP contribution in [0.5, 0.6) is 0 Å². The van der Waals surface area contributed by atoms with Crippen molar-refractivity contribution in [1.29, 1.82) is 0 Å². The highest BCUT2D eigenvalue weighted by Crippen LogP contribution is 2.08. The summed E-state index contributed by atoms with van der Waals surface area (Å²) in [5.41, 5.74) is 0. The minimum Gasteiger partial charge on any atom is -0.494 e. The predicted octanol–water partition coefficient (Wildman–Crippen LogP) is 0.167. The SMILES string of the molecule is CCS(=O)(=O)NC=C1CN(C(=O)O)CCCO1. The summed E-state index contributed by atoms with van der Waals surface area (Å²) in [6, 6.07) is 0. The smallest absolute Gasteiger partial charge is 0.407 e. The quantitative estimate of drug-likeness (QED) is 0.757. The van der Waals surface area contributed by atoms with E-state index in [-0.39, 0.29) is 12.3 Å². The molecule has 1 aliphatic heterocycles. The number of rotatable bonds is 3. The van der Waals surface area contributed by atoms with E-state index in [9.17, 15) is 13.2 Å². The van der Waals surface area contributed by atoms with Crippen molar-refractivity contribution in [2.24, 2.45) is 0 Å². The Morgan fingerprint density at radius 1 is 1.65 bits per heavy atom. The highest BCUT2D eigenvalue weighted by Gasteiger charge is 2.18. The summed E-state index contributed by atoms with van der Waals surface area (Å²) in [4.78, 5) is 12.0. The second-order valence-electron chi connectivity index (χ2n) is 3.54. The Balaban J connectivity index is 2.68. The molecule has 1 rings (SSSR count). The molecule has 0 radical (unpaired) electrons. The maximum absolute atomic E-state index is 11.2. The van der Waals surface area contributed by atoms with Crippen molar-refractivity contribution in [2.75, 3.05) is 25.4 Å². The maximum Gasteiger partial charge on any atom is 0.407 e. The average molecular weight is 264 g/mol. The summed E-state index contributed by atoms with van der Waals surface area (Å²) in [5, 5.41) is 8.86. The molecule has 0 atom stereocenters. The molecule has 1 saturated heterocycles. The molecular weight excluding hydrogens is 248 g/mol. The van der Waals surface area contributed by atoms with E-state index < -0.39 is 16.1 Å². The van der Waals surface area contributed by atoms with Crippen molar-refractivity contribution in [2.45, 2.75) is 13.3 Å². The lowest BCUT2D eigenvalue weighted by molar-refractivity contribution is 0.148. The highest BCUT2D eigenvalue weighted by molar-refractivity contribution is 7.89. The Morgan fingerprint density at radius 2 is 2.35 bits per heavy atom. The van der Waals surface area contributed by atoms with Gasteiger partial charge in [-0.25, -0.2) is 13.2 Å². The molecule has 2 N–H and O–H groups in total. The highest BCUT2D eigenvalue weighted by atomic mass is 32.2. The molecule has 0 aromatic carbocycles. The first-order chi connectivity index (χ1) is 7.94. The van der Waals surface area contributed by atoms with Gasteiger partial charge in [0.05, 0.1) is 25.1 Å². The van der Waals surface area contributed by atoms with Gasteiger partial charge >= 0.3 is 6.09 Å². The van der Waals surface area contributed by atoms with Gasteiger partial charge < -0.3 is 14.7 Å². The first-order valence-electron chi connectivity index (χ1n) is 5.24. The third-order valence-electron chi connectivity index (χ3n) is 2.26. The van der Waals surface area contributed by atoms with Crippen LogP contribution in [-0.4, -0.2) is 50.0 Å². The van der Waals surface area contributed by atoms with Gasteiger partial charge in [-0.1, -0.05) is 0 Å². The van der Waals surface area contributed by atoms with Crippen molar-refractivity contribution in [1.82, 2.24) is 9.62 Å². The Labute approximate surface area is 100 Å². The van der Waals surface area contributed by atoms with Gasteiger partial charge in [-0.05, 0) is 13.3 Å². The van der Waals surface area contributed by atoms with Crippen LogP contribution in [0, 0.1) is 0 Å². The normalized spacial score (nSPS) is 19.6. The third kappa shape index (κ3) is 4.51. The summed E-state index contributed by atoms with van der Waals surface area (Å²) in [5.74, 6) is 0.265. The van der Waals surface area contributed by atoms with Gasteiger partial charge in [0.2, 0.25) is 10.0 Å². The summed E-state index contributed by atoms with van der Waals surface area (Å²) < 4.78 is 29.9. The zero-order chi connectivity index (χ0) is 12.9. The van der Waals surface area contributed by atoms with Gasteiger partial charge in [0.15, 0.2) is 0 Å². The molecule has 0 saturated carbocycles. The second kappa shape index (κ2) is 5.76. The van der Waals surface area contributed by atoms with Crippen LogP contribution in [0.2, 0.25) is 0 Å². The number of nitrogens with zero attached hydrogens (tertiary/aromatic N) is 1. The van der Waals surface area contributed by atoms with Gasteiger partial charge in [0, 0.05) is 6.54 Å². The number of sulfonamides is 1. The Hall–Kier alpha value is -1.44. The largest absolute Gasteiger partial charge is 0.494 e. The molecule has 8 heteroatoms. The van der Waals surface area contributed by atoms with Gasteiger partial charge in [-0.15, -0.1) is 0 Å². The molecule has 0 aliphatic carbocycles. The monoisotopic (exact) mass is 264 g/mol. The van der Waals surface area contributed by atoms with Crippen LogP contribution in [-0.2, 0) is 14.8 Å². The number of hydrogen-bond donors (Lipinski definition) is 2. The van der Waals surface area contributed by atoms with Gasteiger partial charge in [-0.3, -0.25) is 4.72 Å². The lowest BCUT2D eigenvalue weighted by Crippen LogP contribution is -2.31. The van der Waals surface area contributed by atoms with Crippen LogP contribution in [0.15, 0.2) is 12.0 Å². The molecule has 98 valence electrons. The Kier molecular flexibility index (Phi) is 4.62. The van der Waals surface area contributed by atoms with E-state index in [1.165, 1.54) is 18.0 Å². The summed E-state index contributed by atoms with van der Waals surface area (Å²) >= 11 is 0. The minimum absolute atomic E-state index is 0.0422. The van der Waals surface area contributed by atoms with E-state index >= 15 is 0 Å². The summed E-state index contributed by atoms with van der Waals surface area (Å²) in [6.45, 7) is 2.33. The number of carboxylic acid groups (broad SMARTS) is 1. The van der Waals surface area contributed by atoms with Crippen molar-refractivity contribution in [3.63, 3.8) is 0 Å². The number of carbonyl (C=O) groups is 1. The molecule has 1 amide bonds. The zero-order valence-corrected chi connectivity index (χ0v) is 10.4. The standard InChI is InChI=1S/C9H16N2O5S/c1-2-17(14,15)10-6-8-7-11(9(12)13)4-3-5-16-8/h6,10H,2-5,7H2,1H3,(H,12,13). The van der Waals surface area contributed by atoms with Crippen molar-refractivity contribution >= 4 is 16.1 Å². The summed E-state index contributed by atoms with van der Waals surface area (Å²) in [7, 11) is -3.34. The van der Waals surface area contributed by atoms with E-state index in [1.807, 2.05) is 0 Å². The molecule has 1 aliphatic rings. The molecular formula is C9H16N2O5S. The molecule has 0 spiro atoms. The maximum atomic E-state index is 11.2. The number of nitrogens with one attached hydrogen (secondary N) is 1. The fourth-order valence-corrected chi connectivity index (χ4v) is 1.74. The van der Waals surface area contributed by atoms with E-state index in [1.54, 1.807) is 0 Å². The third-order valence-corrected chi connectivity index (χ3v) is 3.49. The molecule has 0 unspecified atom stereocenters. The van der Waals surface area contributed by atoms with Crippen molar-refractivity contribution in [3.8, 4) is 0 Å². The topological polar surface area (TPSA) is 95.9 Å². The van der Waals surface area contributed by atoms with Crippen LogP contribution in [0.1, 0.15) is 13.3 Å². The first kappa shape index (κ1) is 13.6. The minimum atomic E-state index is -3.34. The van der Waals surface area contributed by atoms with Crippen LogP contribution in [0.4, 0.5) is 4.79 Å². The number of ether oxygens (including phenoxy) is 1. The second-order valence-corrected chi connectivity index (χ2v) is 5.58. The van der Waals surface area contributed by atoms with E-state index in [0.29, 0.717) is 25.3 Å². The average Bonchev–Trinajstić information content (AvgIpc) is 2.52. The fraction of sp³-hybridized carbons (Fsp3) is 0.667. The number of amides is 1. The Bertz CT molecular complexity index is 404. The fourth-order valence-electron chi connectivity index (χ4n) is 1.26. The van der Waals surface area contributed by atoms with Crippen LogP contribution < -0.4 is 4.72 Å². The first-order valence-corrected chi connectivity index (χ1v) is 6.89. The Morgan fingerprint density at radius 3 is 2.94 bits per heavy atom. The molecule has 0 bridgehead atoms.